The third-order valence-corrected chi connectivity index (χ3v) is 7.69. The lowest BCUT2D eigenvalue weighted by atomic mass is 9.70. The van der Waals surface area contributed by atoms with Gasteiger partial charge in [0.25, 0.3) is 0 Å². The number of piperidine rings is 1. The van der Waals surface area contributed by atoms with Crippen molar-refractivity contribution >= 4 is 17.8 Å². The van der Waals surface area contributed by atoms with Gasteiger partial charge in [0.05, 0.1) is 17.7 Å². The third kappa shape index (κ3) is 6.42. The van der Waals surface area contributed by atoms with Crippen LogP contribution in [0.3, 0.4) is 0 Å². The first kappa shape index (κ1) is 28.6. The highest BCUT2D eigenvalue weighted by Crippen LogP contribution is 2.50. The molecule has 0 bridgehead atoms. The van der Waals surface area contributed by atoms with Crippen LogP contribution in [0, 0.1) is 11.3 Å². The average Bonchev–Trinajstić information content (AvgIpc) is 3.41. The number of halogens is 3. The van der Waals surface area contributed by atoms with E-state index >= 15 is 0 Å². The van der Waals surface area contributed by atoms with Gasteiger partial charge in [-0.15, -0.1) is 0 Å². The number of hydrogen-bond donors (Lipinski definition) is 1. The van der Waals surface area contributed by atoms with Crippen molar-refractivity contribution in [2.45, 2.75) is 70.6 Å². The summed E-state index contributed by atoms with van der Waals surface area (Å²) in [6.45, 7) is 6.61. The summed E-state index contributed by atoms with van der Waals surface area (Å²) in [6.07, 6.45) is 3.21. The van der Waals surface area contributed by atoms with Crippen LogP contribution in [-0.4, -0.2) is 73.3 Å². The standard InChI is InChI=1S/C25H33N5O2.C2HF3O2/c1-18(2)30-22(9-12-27-30)21-16-29(23(31)14-19-7-8-19)17-25(21)10-5-13-28(24(25)32)15-20-6-3-4-11-26-20;3-2(4,5)1(6)7/h3-4,6,9,11-12,18-19,21H,5,7-8,10,13-17H2,1-2H3;(H,6,7)/t21-,25+;/m0./s1. The van der Waals surface area contributed by atoms with Gasteiger partial charge in [-0.25, -0.2) is 4.79 Å². The minimum Gasteiger partial charge on any atom is -0.475 e. The van der Waals surface area contributed by atoms with Crippen molar-refractivity contribution < 1.29 is 32.7 Å². The highest BCUT2D eigenvalue weighted by molar-refractivity contribution is 5.87. The number of carboxylic acid groups (broad SMARTS) is 1. The maximum absolute atomic E-state index is 14.1. The Bertz CT molecular complexity index is 1180. The van der Waals surface area contributed by atoms with E-state index in [0.717, 1.165) is 43.6 Å². The number of alkyl halides is 3. The Morgan fingerprint density at radius 3 is 2.49 bits per heavy atom. The van der Waals surface area contributed by atoms with Gasteiger partial charge in [0.2, 0.25) is 11.8 Å². The molecule has 39 heavy (non-hydrogen) atoms. The smallest absolute Gasteiger partial charge is 0.475 e. The van der Waals surface area contributed by atoms with E-state index in [2.05, 4.69) is 23.9 Å². The number of carbonyl (C=O) groups excluding carboxylic acids is 2. The van der Waals surface area contributed by atoms with E-state index in [1.54, 1.807) is 6.20 Å². The molecule has 2 saturated heterocycles. The number of nitrogens with zero attached hydrogens (tertiary/aromatic N) is 5. The molecule has 2 aliphatic heterocycles. The SMILES string of the molecule is CC(C)n1nccc1[C@@H]1CN(C(=O)CC2CC2)C[C@]12CCCN(Cc1ccccn1)C2=O.O=C(O)C(F)(F)F. The minimum atomic E-state index is -5.08. The van der Waals surface area contributed by atoms with E-state index in [4.69, 9.17) is 9.90 Å². The number of aliphatic carboxylic acids is 1. The number of pyridine rings is 1. The second-order valence-corrected chi connectivity index (χ2v) is 10.9. The van der Waals surface area contributed by atoms with Crippen LogP contribution in [0.5, 0.6) is 0 Å². The highest BCUT2D eigenvalue weighted by atomic mass is 19.4. The molecule has 2 atom stereocenters. The van der Waals surface area contributed by atoms with Crippen LogP contribution < -0.4 is 0 Å². The van der Waals surface area contributed by atoms with Crippen molar-refractivity contribution in [1.82, 2.24) is 24.6 Å². The molecule has 1 spiro atoms. The van der Waals surface area contributed by atoms with Crippen LogP contribution in [-0.2, 0) is 20.9 Å². The molecule has 3 aliphatic rings. The Morgan fingerprint density at radius 2 is 1.90 bits per heavy atom. The molecule has 1 N–H and O–H groups in total. The Hall–Kier alpha value is -3.44. The van der Waals surface area contributed by atoms with Gasteiger partial charge >= 0.3 is 12.1 Å². The first-order chi connectivity index (χ1) is 18.4. The lowest BCUT2D eigenvalue weighted by Gasteiger charge is -2.42. The van der Waals surface area contributed by atoms with Crippen molar-refractivity contribution in [3.8, 4) is 0 Å². The second-order valence-electron chi connectivity index (χ2n) is 10.9. The van der Waals surface area contributed by atoms with Gasteiger partial charge in [-0.2, -0.15) is 18.3 Å². The summed E-state index contributed by atoms with van der Waals surface area (Å²) in [4.78, 5) is 44.4. The number of amides is 2. The molecule has 5 rings (SSSR count). The number of likely N-dealkylation sites (tertiary alicyclic amines) is 2. The number of rotatable bonds is 6. The summed E-state index contributed by atoms with van der Waals surface area (Å²) in [5, 5.41) is 11.7. The molecule has 1 saturated carbocycles. The van der Waals surface area contributed by atoms with E-state index in [-0.39, 0.29) is 23.8 Å². The van der Waals surface area contributed by atoms with Gasteiger partial charge in [-0.3, -0.25) is 19.3 Å². The molecule has 0 radical (unpaired) electrons. The fourth-order valence-corrected chi connectivity index (χ4v) is 5.62. The summed E-state index contributed by atoms with van der Waals surface area (Å²) in [5.41, 5.74) is 1.40. The third-order valence-electron chi connectivity index (χ3n) is 7.69. The van der Waals surface area contributed by atoms with Crippen LogP contribution in [0.2, 0.25) is 0 Å². The first-order valence-electron chi connectivity index (χ1n) is 13.2. The monoisotopic (exact) mass is 549 g/mol. The summed E-state index contributed by atoms with van der Waals surface area (Å²) < 4.78 is 33.8. The molecule has 0 unspecified atom stereocenters. The van der Waals surface area contributed by atoms with Crippen LogP contribution in [0.25, 0.3) is 0 Å². The summed E-state index contributed by atoms with van der Waals surface area (Å²) in [7, 11) is 0. The van der Waals surface area contributed by atoms with E-state index < -0.39 is 17.6 Å². The van der Waals surface area contributed by atoms with Crippen molar-refractivity contribution in [2.75, 3.05) is 19.6 Å². The predicted molar refractivity (Wildman–Crippen MR) is 134 cm³/mol. The van der Waals surface area contributed by atoms with Crippen molar-refractivity contribution in [1.29, 1.82) is 0 Å². The zero-order valence-electron chi connectivity index (χ0n) is 22.1. The minimum absolute atomic E-state index is 0.0328. The molecule has 4 heterocycles. The molecule has 3 fully saturated rings. The summed E-state index contributed by atoms with van der Waals surface area (Å²) >= 11 is 0. The van der Waals surface area contributed by atoms with Crippen LogP contribution >= 0.6 is 0 Å². The maximum Gasteiger partial charge on any atom is 0.490 e. The van der Waals surface area contributed by atoms with Gasteiger partial charge in [0, 0.05) is 56.1 Å². The molecule has 0 aromatic carbocycles. The van der Waals surface area contributed by atoms with E-state index in [0.29, 0.717) is 32.0 Å². The van der Waals surface area contributed by atoms with Crippen molar-refractivity contribution in [3.05, 3.63) is 48.0 Å². The van der Waals surface area contributed by atoms with Crippen LogP contribution in [0.15, 0.2) is 36.7 Å². The van der Waals surface area contributed by atoms with Crippen molar-refractivity contribution in [2.24, 2.45) is 11.3 Å². The summed E-state index contributed by atoms with van der Waals surface area (Å²) in [5.74, 6) is -1.87. The number of hydrogen-bond acceptors (Lipinski definition) is 5. The normalized spacial score (nSPS) is 23.2. The highest BCUT2D eigenvalue weighted by Gasteiger charge is 2.57. The van der Waals surface area contributed by atoms with Crippen LogP contribution in [0.1, 0.15) is 69.3 Å². The molecule has 2 amide bonds. The van der Waals surface area contributed by atoms with E-state index in [1.807, 2.05) is 44.9 Å². The second kappa shape index (κ2) is 11.4. The lowest BCUT2D eigenvalue weighted by molar-refractivity contribution is -0.192. The quantitative estimate of drug-likeness (QED) is 0.583. The Labute approximate surface area is 225 Å². The number of carbonyl (C=O) groups is 3. The van der Waals surface area contributed by atoms with E-state index in [1.165, 1.54) is 0 Å². The molecule has 2 aromatic heterocycles. The van der Waals surface area contributed by atoms with Gasteiger partial charge in [-0.05, 0) is 63.6 Å². The number of aromatic nitrogens is 3. The average molecular weight is 550 g/mol. The Kier molecular flexibility index (Phi) is 8.31. The fourth-order valence-electron chi connectivity index (χ4n) is 5.62. The van der Waals surface area contributed by atoms with Gasteiger partial charge in [-0.1, -0.05) is 6.07 Å². The largest absolute Gasteiger partial charge is 0.490 e. The molecule has 1 aliphatic carbocycles. The summed E-state index contributed by atoms with van der Waals surface area (Å²) in [6, 6.07) is 8.08. The molecular weight excluding hydrogens is 515 g/mol. The van der Waals surface area contributed by atoms with E-state index in [9.17, 15) is 22.8 Å². The molecule has 12 heteroatoms. The Morgan fingerprint density at radius 1 is 1.18 bits per heavy atom. The molecule has 212 valence electrons. The predicted octanol–water partition coefficient (Wildman–Crippen LogP) is 4.03. The molecule has 2 aromatic rings. The lowest BCUT2D eigenvalue weighted by Crippen LogP contribution is -2.52. The zero-order valence-corrected chi connectivity index (χ0v) is 22.1. The number of carboxylic acids is 1. The molecule has 9 nitrogen and oxygen atoms in total. The zero-order chi connectivity index (χ0) is 28.4. The Balaban J connectivity index is 0.000000448. The van der Waals surface area contributed by atoms with Gasteiger partial charge in [0.15, 0.2) is 0 Å². The fraction of sp³-hybridized carbons (Fsp3) is 0.593. The maximum atomic E-state index is 14.1. The van der Waals surface area contributed by atoms with Crippen LogP contribution in [0.4, 0.5) is 13.2 Å². The topological polar surface area (TPSA) is 109 Å². The first-order valence-corrected chi connectivity index (χ1v) is 13.2. The van der Waals surface area contributed by atoms with Crippen molar-refractivity contribution in [3.63, 3.8) is 0 Å². The van der Waals surface area contributed by atoms with Gasteiger partial charge in [0.1, 0.15) is 0 Å². The molecular formula is C27H34F3N5O4. The van der Waals surface area contributed by atoms with Gasteiger partial charge < -0.3 is 14.9 Å².